The number of hydrogen-bond acceptors (Lipinski definition) is 2. The molecule has 0 aromatic heterocycles. The molecule has 0 saturated carbocycles. The van der Waals surface area contributed by atoms with Gasteiger partial charge in [-0.3, -0.25) is 4.79 Å². The highest BCUT2D eigenvalue weighted by atomic mass is 32.2. The molecular formula is C18H20FNOS. The molecule has 0 aliphatic carbocycles. The zero-order valence-electron chi connectivity index (χ0n) is 13.0. The number of carbonyl (C=O) groups excluding carboxylic acids is 1. The fourth-order valence-corrected chi connectivity index (χ4v) is 3.07. The number of benzene rings is 2. The Bertz CT molecular complexity index is 640. The monoisotopic (exact) mass is 317 g/mol. The van der Waals surface area contributed by atoms with Crippen molar-refractivity contribution in [2.45, 2.75) is 37.0 Å². The Morgan fingerprint density at radius 1 is 1.05 bits per heavy atom. The van der Waals surface area contributed by atoms with Gasteiger partial charge in [-0.2, -0.15) is 0 Å². The Morgan fingerprint density at radius 2 is 1.68 bits per heavy atom. The van der Waals surface area contributed by atoms with E-state index in [0.717, 1.165) is 10.5 Å². The minimum Gasteiger partial charge on any atom is -0.345 e. The Hall–Kier alpha value is -1.81. The molecule has 22 heavy (non-hydrogen) atoms. The molecule has 0 aliphatic rings. The summed E-state index contributed by atoms with van der Waals surface area (Å²) in [5, 5.41) is 3.38. The molecule has 0 aliphatic heterocycles. The summed E-state index contributed by atoms with van der Waals surface area (Å²) in [7, 11) is 0. The normalized spacial score (nSPS) is 12.2. The van der Waals surface area contributed by atoms with Crippen molar-refractivity contribution < 1.29 is 9.18 Å². The fourth-order valence-electron chi connectivity index (χ4n) is 2.12. The van der Waals surface area contributed by atoms with Crippen LogP contribution in [0.4, 0.5) is 4.39 Å². The highest BCUT2D eigenvalue weighted by molar-refractivity contribution is 8.00. The van der Waals surface area contributed by atoms with Gasteiger partial charge in [0.05, 0.1) is 11.6 Å². The van der Waals surface area contributed by atoms with Gasteiger partial charge in [0.1, 0.15) is 5.82 Å². The van der Waals surface area contributed by atoms with E-state index in [1.807, 2.05) is 31.2 Å². The van der Waals surface area contributed by atoms with Gasteiger partial charge >= 0.3 is 0 Å². The number of hydrogen-bond donors (Lipinski definition) is 1. The molecule has 0 fully saturated rings. The van der Waals surface area contributed by atoms with E-state index in [0.29, 0.717) is 10.8 Å². The van der Waals surface area contributed by atoms with Gasteiger partial charge in [-0.05, 0) is 36.8 Å². The molecule has 2 aromatic carbocycles. The van der Waals surface area contributed by atoms with E-state index in [2.05, 4.69) is 19.2 Å². The standard InChI is InChI=1S/C18H20FNOS/c1-12(2)22-17-7-5-4-6-16(17)18(21)20-13(3)14-8-10-15(19)11-9-14/h4-13H,1-3H3,(H,20,21). The van der Waals surface area contributed by atoms with Crippen LogP contribution in [0.25, 0.3) is 0 Å². The van der Waals surface area contributed by atoms with Crippen molar-refractivity contribution in [3.05, 3.63) is 65.5 Å². The third-order valence-electron chi connectivity index (χ3n) is 3.21. The lowest BCUT2D eigenvalue weighted by molar-refractivity contribution is 0.0937. The van der Waals surface area contributed by atoms with Crippen molar-refractivity contribution in [3.8, 4) is 0 Å². The Kier molecular flexibility index (Phi) is 5.61. The maximum absolute atomic E-state index is 13.0. The summed E-state index contributed by atoms with van der Waals surface area (Å²) in [6, 6.07) is 13.6. The largest absolute Gasteiger partial charge is 0.345 e. The molecule has 2 aromatic rings. The maximum Gasteiger partial charge on any atom is 0.252 e. The highest BCUT2D eigenvalue weighted by Crippen LogP contribution is 2.27. The van der Waals surface area contributed by atoms with Gasteiger partial charge in [-0.15, -0.1) is 11.8 Å². The smallest absolute Gasteiger partial charge is 0.252 e. The van der Waals surface area contributed by atoms with Crippen LogP contribution in [0, 0.1) is 5.82 Å². The van der Waals surface area contributed by atoms with Crippen LogP contribution in [-0.4, -0.2) is 11.2 Å². The molecule has 0 radical (unpaired) electrons. The average molecular weight is 317 g/mol. The second-order valence-corrected chi connectivity index (χ2v) is 7.03. The quantitative estimate of drug-likeness (QED) is 0.801. The van der Waals surface area contributed by atoms with Crippen LogP contribution in [-0.2, 0) is 0 Å². The summed E-state index contributed by atoms with van der Waals surface area (Å²) in [4.78, 5) is 13.5. The molecule has 1 unspecified atom stereocenters. The molecule has 0 heterocycles. The van der Waals surface area contributed by atoms with E-state index in [1.54, 1.807) is 23.9 Å². The van der Waals surface area contributed by atoms with Crippen molar-refractivity contribution in [1.29, 1.82) is 0 Å². The zero-order chi connectivity index (χ0) is 16.1. The lowest BCUT2D eigenvalue weighted by Gasteiger charge is -2.16. The minimum absolute atomic E-state index is 0.111. The van der Waals surface area contributed by atoms with Crippen molar-refractivity contribution in [1.82, 2.24) is 5.32 Å². The van der Waals surface area contributed by atoms with E-state index in [9.17, 15) is 9.18 Å². The van der Waals surface area contributed by atoms with Crippen LogP contribution in [0.5, 0.6) is 0 Å². The summed E-state index contributed by atoms with van der Waals surface area (Å²) in [5.41, 5.74) is 1.55. The Labute approximate surface area is 135 Å². The molecule has 1 atom stereocenters. The van der Waals surface area contributed by atoms with Crippen molar-refractivity contribution in [2.24, 2.45) is 0 Å². The topological polar surface area (TPSA) is 29.1 Å². The van der Waals surface area contributed by atoms with Crippen LogP contribution in [0.1, 0.15) is 42.7 Å². The second kappa shape index (κ2) is 7.45. The molecule has 0 spiro atoms. The van der Waals surface area contributed by atoms with Crippen LogP contribution >= 0.6 is 11.8 Å². The molecule has 2 rings (SSSR count). The van der Waals surface area contributed by atoms with E-state index >= 15 is 0 Å². The predicted molar refractivity (Wildman–Crippen MR) is 89.7 cm³/mol. The SMILES string of the molecule is CC(C)Sc1ccccc1C(=O)NC(C)c1ccc(F)cc1. The molecule has 0 saturated heterocycles. The van der Waals surface area contributed by atoms with Gasteiger partial charge in [0.15, 0.2) is 0 Å². The van der Waals surface area contributed by atoms with Gasteiger partial charge in [-0.25, -0.2) is 4.39 Å². The van der Waals surface area contributed by atoms with E-state index in [-0.39, 0.29) is 17.8 Å². The van der Waals surface area contributed by atoms with Crippen LogP contribution < -0.4 is 5.32 Å². The molecule has 116 valence electrons. The fraction of sp³-hybridized carbons (Fsp3) is 0.278. The minimum atomic E-state index is -0.277. The summed E-state index contributed by atoms with van der Waals surface area (Å²) in [5.74, 6) is -0.387. The first-order chi connectivity index (χ1) is 10.5. The van der Waals surface area contributed by atoms with E-state index in [1.165, 1.54) is 12.1 Å². The van der Waals surface area contributed by atoms with Gasteiger partial charge in [0, 0.05) is 10.1 Å². The third-order valence-corrected chi connectivity index (χ3v) is 4.29. The van der Waals surface area contributed by atoms with Crippen LogP contribution in [0.15, 0.2) is 53.4 Å². The third kappa shape index (κ3) is 4.34. The first-order valence-electron chi connectivity index (χ1n) is 7.29. The van der Waals surface area contributed by atoms with Gasteiger partial charge in [0.25, 0.3) is 5.91 Å². The second-order valence-electron chi connectivity index (χ2n) is 5.41. The molecule has 1 amide bonds. The lowest BCUT2D eigenvalue weighted by atomic mass is 10.1. The maximum atomic E-state index is 13.0. The zero-order valence-corrected chi connectivity index (χ0v) is 13.8. The van der Waals surface area contributed by atoms with Crippen LogP contribution in [0.2, 0.25) is 0 Å². The summed E-state index contributed by atoms with van der Waals surface area (Å²) < 4.78 is 13.0. The number of carbonyl (C=O) groups is 1. The van der Waals surface area contributed by atoms with Crippen LogP contribution in [0.3, 0.4) is 0 Å². The first-order valence-corrected chi connectivity index (χ1v) is 8.17. The predicted octanol–water partition coefficient (Wildman–Crippen LogP) is 4.82. The van der Waals surface area contributed by atoms with E-state index in [4.69, 9.17) is 0 Å². The Balaban J connectivity index is 2.13. The van der Waals surface area contributed by atoms with Gasteiger partial charge < -0.3 is 5.32 Å². The number of amides is 1. The number of rotatable bonds is 5. The molecule has 1 N–H and O–H groups in total. The summed E-state index contributed by atoms with van der Waals surface area (Å²) in [6.45, 7) is 6.09. The molecule has 4 heteroatoms. The van der Waals surface area contributed by atoms with Crippen molar-refractivity contribution >= 4 is 17.7 Å². The van der Waals surface area contributed by atoms with Crippen molar-refractivity contribution in [3.63, 3.8) is 0 Å². The molecule has 2 nitrogen and oxygen atoms in total. The Morgan fingerprint density at radius 3 is 2.32 bits per heavy atom. The van der Waals surface area contributed by atoms with E-state index < -0.39 is 0 Å². The summed E-state index contributed by atoms with van der Waals surface area (Å²) >= 11 is 1.67. The lowest BCUT2D eigenvalue weighted by Crippen LogP contribution is -2.27. The number of nitrogens with one attached hydrogen (secondary N) is 1. The first kappa shape index (κ1) is 16.6. The molecular weight excluding hydrogens is 297 g/mol. The molecule has 0 bridgehead atoms. The highest BCUT2D eigenvalue weighted by Gasteiger charge is 2.15. The number of thioether (sulfide) groups is 1. The number of halogens is 1. The summed E-state index contributed by atoms with van der Waals surface area (Å²) in [6.07, 6.45) is 0. The van der Waals surface area contributed by atoms with Gasteiger partial charge in [0.2, 0.25) is 0 Å². The average Bonchev–Trinajstić information content (AvgIpc) is 2.47. The van der Waals surface area contributed by atoms with Crippen molar-refractivity contribution in [2.75, 3.05) is 0 Å². The van der Waals surface area contributed by atoms with Gasteiger partial charge in [-0.1, -0.05) is 38.1 Å².